The SMILES string of the molecule is FC(F)c1nc(C(F)F)nc(N2CCc3c([nH]c4ccc(Cl)cc34)[C@H]2C[C@@H]2COCO2)n1. The van der Waals surface area contributed by atoms with Crippen LogP contribution in [0.2, 0.25) is 5.02 Å². The normalized spacial score (nSPS) is 21.2. The molecule has 2 aliphatic heterocycles. The average Bonchev–Trinajstić information content (AvgIpc) is 3.41. The number of benzene rings is 1. The molecule has 1 N–H and O–H groups in total. The molecule has 0 amide bonds. The maximum Gasteiger partial charge on any atom is 0.297 e. The molecule has 3 aromatic rings. The first-order valence-electron chi connectivity index (χ1n) is 9.99. The number of halogens is 5. The van der Waals surface area contributed by atoms with Crippen molar-refractivity contribution in [1.82, 2.24) is 19.9 Å². The van der Waals surface area contributed by atoms with Gasteiger partial charge in [-0.3, -0.25) is 0 Å². The number of H-pyrrole nitrogens is 1. The van der Waals surface area contributed by atoms with Gasteiger partial charge in [-0.25, -0.2) is 22.5 Å². The average molecular weight is 472 g/mol. The number of aromatic amines is 1. The van der Waals surface area contributed by atoms with Crippen LogP contribution in [0.3, 0.4) is 0 Å². The Balaban J connectivity index is 1.61. The highest BCUT2D eigenvalue weighted by Crippen LogP contribution is 2.40. The van der Waals surface area contributed by atoms with E-state index in [2.05, 4.69) is 19.9 Å². The van der Waals surface area contributed by atoms with Gasteiger partial charge >= 0.3 is 0 Å². The highest BCUT2D eigenvalue weighted by Gasteiger charge is 2.36. The molecule has 0 spiro atoms. The zero-order chi connectivity index (χ0) is 22.4. The van der Waals surface area contributed by atoms with Crippen molar-refractivity contribution < 1.29 is 27.0 Å². The summed E-state index contributed by atoms with van der Waals surface area (Å²) in [5, 5.41) is 1.55. The Labute approximate surface area is 184 Å². The molecule has 7 nitrogen and oxygen atoms in total. The van der Waals surface area contributed by atoms with Gasteiger partial charge in [-0.05, 0) is 30.2 Å². The monoisotopic (exact) mass is 471 g/mol. The molecule has 4 heterocycles. The lowest BCUT2D eigenvalue weighted by Gasteiger charge is -2.37. The Hall–Kier alpha value is -2.50. The predicted octanol–water partition coefficient (Wildman–Crippen LogP) is 4.75. The molecule has 0 saturated carbocycles. The van der Waals surface area contributed by atoms with Crippen LogP contribution in [-0.2, 0) is 15.9 Å². The number of anilines is 1. The molecule has 0 aliphatic carbocycles. The van der Waals surface area contributed by atoms with Crippen molar-refractivity contribution in [3.8, 4) is 0 Å². The van der Waals surface area contributed by atoms with Gasteiger partial charge in [0.05, 0.1) is 18.8 Å². The van der Waals surface area contributed by atoms with Crippen LogP contribution >= 0.6 is 11.6 Å². The fourth-order valence-electron chi connectivity index (χ4n) is 4.30. The van der Waals surface area contributed by atoms with Crippen LogP contribution in [0.25, 0.3) is 10.9 Å². The lowest BCUT2D eigenvalue weighted by molar-refractivity contribution is 0.0423. The highest BCUT2D eigenvalue weighted by atomic mass is 35.5. The van der Waals surface area contributed by atoms with E-state index in [1.54, 1.807) is 11.0 Å². The van der Waals surface area contributed by atoms with Gasteiger partial charge in [0.1, 0.15) is 6.79 Å². The molecule has 2 aromatic heterocycles. The summed E-state index contributed by atoms with van der Waals surface area (Å²) in [6.45, 7) is 0.858. The van der Waals surface area contributed by atoms with Gasteiger partial charge < -0.3 is 19.4 Å². The van der Waals surface area contributed by atoms with E-state index in [1.807, 2.05) is 12.1 Å². The van der Waals surface area contributed by atoms with Crippen molar-refractivity contribution in [2.45, 2.75) is 37.8 Å². The number of hydrogen-bond acceptors (Lipinski definition) is 6. The van der Waals surface area contributed by atoms with Crippen LogP contribution < -0.4 is 4.90 Å². The predicted molar refractivity (Wildman–Crippen MR) is 107 cm³/mol. The van der Waals surface area contributed by atoms with Crippen LogP contribution in [0.1, 0.15) is 48.2 Å². The Bertz CT molecular complexity index is 1110. The Morgan fingerprint density at radius 3 is 2.53 bits per heavy atom. The Morgan fingerprint density at radius 2 is 1.88 bits per heavy atom. The summed E-state index contributed by atoms with van der Waals surface area (Å²) >= 11 is 6.18. The van der Waals surface area contributed by atoms with Crippen molar-refractivity contribution in [2.24, 2.45) is 0 Å². The molecule has 32 heavy (non-hydrogen) atoms. The zero-order valence-corrected chi connectivity index (χ0v) is 17.3. The molecule has 12 heteroatoms. The molecular weight excluding hydrogens is 454 g/mol. The number of nitrogens with zero attached hydrogens (tertiary/aromatic N) is 4. The molecule has 1 fully saturated rings. The lowest BCUT2D eigenvalue weighted by Crippen LogP contribution is -2.39. The third-order valence-corrected chi connectivity index (χ3v) is 5.93. The topological polar surface area (TPSA) is 76.2 Å². The second-order valence-electron chi connectivity index (χ2n) is 7.63. The van der Waals surface area contributed by atoms with Crippen molar-refractivity contribution in [3.05, 3.63) is 46.1 Å². The van der Waals surface area contributed by atoms with Crippen LogP contribution in [0, 0.1) is 0 Å². The third kappa shape index (κ3) is 3.89. The molecule has 170 valence electrons. The number of hydrogen-bond donors (Lipinski definition) is 1. The summed E-state index contributed by atoms with van der Waals surface area (Å²) in [7, 11) is 0. The molecule has 1 saturated heterocycles. The molecule has 0 unspecified atom stereocenters. The molecular formula is C20H18ClF4N5O2. The van der Waals surface area contributed by atoms with E-state index in [9.17, 15) is 17.6 Å². The maximum absolute atomic E-state index is 13.3. The summed E-state index contributed by atoms with van der Waals surface area (Å²) in [5.41, 5.74) is 2.72. The van der Waals surface area contributed by atoms with Gasteiger partial charge in [0.15, 0.2) is 0 Å². The summed E-state index contributed by atoms with van der Waals surface area (Å²) in [6, 6.07) is 5.05. The van der Waals surface area contributed by atoms with Crippen LogP contribution in [0.5, 0.6) is 0 Å². The summed E-state index contributed by atoms with van der Waals surface area (Å²) in [6.07, 6.45) is -5.51. The van der Waals surface area contributed by atoms with Crippen LogP contribution in [0.4, 0.5) is 23.5 Å². The van der Waals surface area contributed by atoms with E-state index < -0.39 is 30.5 Å². The minimum absolute atomic E-state index is 0.156. The van der Waals surface area contributed by atoms with Gasteiger partial charge in [0, 0.05) is 34.6 Å². The maximum atomic E-state index is 13.3. The quantitative estimate of drug-likeness (QED) is 0.541. The van der Waals surface area contributed by atoms with Crippen molar-refractivity contribution in [2.75, 3.05) is 24.8 Å². The van der Waals surface area contributed by atoms with E-state index in [0.717, 1.165) is 22.2 Å². The van der Waals surface area contributed by atoms with Gasteiger partial charge in [0.2, 0.25) is 17.6 Å². The van der Waals surface area contributed by atoms with E-state index in [0.29, 0.717) is 31.0 Å². The minimum Gasteiger partial charge on any atom is -0.356 e. The zero-order valence-electron chi connectivity index (χ0n) is 16.6. The van der Waals surface area contributed by atoms with E-state index in [1.165, 1.54) is 0 Å². The molecule has 2 aliphatic rings. The molecule has 1 aromatic carbocycles. The second kappa shape index (κ2) is 8.45. The molecule has 5 rings (SSSR count). The minimum atomic E-state index is -3.10. The molecule has 0 bridgehead atoms. The number of ether oxygens (including phenoxy) is 2. The summed E-state index contributed by atoms with van der Waals surface area (Å²) in [5.74, 6) is -2.16. The highest BCUT2D eigenvalue weighted by molar-refractivity contribution is 6.31. The molecule has 2 atom stereocenters. The number of nitrogens with one attached hydrogen (secondary N) is 1. The van der Waals surface area contributed by atoms with Crippen molar-refractivity contribution in [3.63, 3.8) is 0 Å². The van der Waals surface area contributed by atoms with E-state index in [-0.39, 0.29) is 18.8 Å². The number of rotatable bonds is 5. The number of alkyl halides is 4. The first kappa shape index (κ1) is 21.4. The van der Waals surface area contributed by atoms with E-state index >= 15 is 0 Å². The number of aromatic nitrogens is 4. The Morgan fingerprint density at radius 1 is 1.12 bits per heavy atom. The standard InChI is InChI=1S/C20H18ClF4N5O2/c21-9-1-2-13-12(5-9)11-3-4-30(14(15(11)26-13)6-10-7-31-8-32-10)20-28-18(16(22)23)27-19(29-20)17(24)25/h1-2,5,10,14,16-17,26H,3-4,6-8H2/t10-,14-/m1/s1. The summed E-state index contributed by atoms with van der Waals surface area (Å²) < 4.78 is 64.2. The molecule has 0 radical (unpaired) electrons. The van der Waals surface area contributed by atoms with Gasteiger partial charge in [-0.2, -0.15) is 9.97 Å². The van der Waals surface area contributed by atoms with Crippen LogP contribution in [-0.4, -0.2) is 46.0 Å². The Kier molecular flexibility index (Phi) is 5.64. The van der Waals surface area contributed by atoms with Gasteiger partial charge in [-0.15, -0.1) is 0 Å². The van der Waals surface area contributed by atoms with Crippen molar-refractivity contribution >= 4 is 28.5 Å². The van der Waals surface area contributed by atoms with Gasteiger partial charge in [-0.1, -0.05) is 11.6 Å². The summed E-state index contributed by atoms with van der Waals surface area (Å²) in [4.78, 5) is 15.9. The fraction of sp³-hybridized carbons (Fsp3) is 0.450. The fourth-order valence-corrected chi connectivity index (χ4v) is 4.47. The second-order valence-corrected chi connectivity index (χ2v) is 8.07. The van der Waals surface area contributed by atoms with E-state index in [4.69, 9.17) is 21.1 Å². The first-order valence-corrected chi connectivity index (χ1v) is 10.4. The smallest absolute Gasteiger partial charge is 0.297 e. The number of fused-ring (bicyclic) bond motifs is 3. The van der Waals surface area contributed by atoms with Crippen LogP contribution in [0.15, 0.2) is 18.2 Å². The lowest BCUT2D eigenvalue weighted by atomic mass is 9.94. The third-order valence-electron chi connectivity index (χ3n) is 5.70. The van der Waals surface area contributed by atoms with Crippen molar-refractivity contribution in [1.29, 1.82) is 0 Å². The first-order chi connectivity index (χ1) is 15.4. The van der Waals surface area contributed by atoms with Gasteiger partial charge in [0.25, 0.3) is 12.9 Å². The largest absolute Gasteiger partial charge is 0.356 e.